The van der Waals surface area contributed by atoms with Gasteiger partial charge in [-0.2, -0.15) is 9.57 Å². The maximum absolute atomic E-state index is 12.6. The van der Waals surface area contributed by atoms with Crippen LogP contribution in [0.15, 0.2) is 16.3 Å². The molecule has 0 radical (unpaired) electrons. The van der Waals surface area contributed by atoms with Gasteiger partial charge in [-0.3, -0.25) is 0 Å². The largest absolute Gasteiger partial charge is 0.314 e. The Morgan fingerprint density at radius 3 is 2.90 bits per heavy atom. The molecule has 7 heteroatoms. The fourth-order valence-corrected chi connectivity index (χ4v) is 5.27. The molecule has 1 N–H and O–H groups in total. The van der Waals surface area contributed by atoms with Gasteiger partial charge in [-0.25, -0.2) is 8.42 Å². The van der Waals surface area contributed by atoms with E-state index in [1.54, 1.807) is 10.4 Å². The molecule has 1 atom stereocenters. The Hall–Kier alpha value is -0.940. The second-order valence-corrected chi connectivity index (χ2v) is 8.91. The lowest BCUT2D eigenvalue weighted by Crippen LogP contribution is -2.43. The first-order valence-corrected chi connectivity index (χ1v) is 9.42. The first kappa shape index (κ1) is 16.4. The number of hydrogen-bond acceptors (Lipinski definition) is 5. The van der Waals surface area contributed by atoms with Gasteiger partial charge in [-0.1, -0.05) is 13.8 Å². The summed E-state index contributed by atoms with van der Waals surface area (Å²) in [7, 11) is -3.45. The lowest BCUT2D eigenvalue weighted by atomic mass is 9.99. The van der Waals surface area contributed by atoms with E-state index in [9.17, 15) is 8.42 Å². The van der Waals surface area contributed by atoms with Crippen LogP contribution in [-0.4, -0.2) is 38.4 Å². The molecule has 1 aliphatic heterocycles. The molecule has 5 nitrogen and oxygen atoms in total. The van der Waals surface area contributed by atoms with Crippen molar-refractivity contribution in [2.24, 2.45) is 5.92 Å². The second-order valence-electron chi connectivity index (χ2n) is 5.66. The average molecular weight is 327 g/mol. The lowest BCUT2D eigenvalue weighted by Gasteiger charge is -2.32. The molecular weight excluding hydrogens is 306 g/mol. The summed E-state index contributed by atoms with van der Waals surface area (Å²) in [5, 5.41) is 12.2. The summed E-state index contributed by atoms with van der Waals surface area (Å²) < 4.78 is 27.1. The zero-order valence-corrected chi connectivity index (χ0v) is 14.0. The Morgan fingerprint density at radius 2 is 2.29 bits per heavy atom. The Kier molecular flexibility index (Phi) is 5.38. The highest BCUT2D eigenvalue weighted by Gasteiger charge is 2.31. The van der Waals surface area contributed by atoms with Crippen LogP contribution >= 0.6 is 11.3 Å². The van der Waals surface area contributed by atoms with Crippen molar-refractivity contribution in [3.8, 4) is 6.07 Å². The van der Waals surface area contributed by atoms with Crippen molar-refractivity contribution in [1.29, 1.82) is 5.26 Å². The van der Waals surface area contributed by atoms with Gasteiger partial charge in [0, 0.05) is 19.1 Å². The van der Waals surface area contributed by atoms with E-state index in [1.165, 1.54) is 6.07 Å². The summed E-state index contributed by atoms with van der Waals surface area (Å²) in [5.41, 5.74) is 0. The average Bonchev–Trinajstić information content (AvgIpc) is 2.95. The second kappa shape index (κ2) is 6.88. The Balaban J connectivity index is 2.07. The van der Waals surface area contributed by atoms with Crippen molar-refractivity contribution in [3.63, 3.8) is 0 Å². The summed E-state index contributed by atoms with van der Waals surface area (Å²) in [6.07, 6.45) is 1.94. The van der Waals surface area contributed by atoms with E-state index in [1.807, 2.05) is 6.07 Å². The van der Waals surface area contributed by atoms with Crippen LogP contribution in [0.3, 0.4) is 0 Å². The first-order valence-electron chi connectivity index (χ1n) is 7.17. The molecule has 1 aromatic heterocycles. The van der Waals surface area contributed by atoms with Crippen LogP contribution in [0, 0.1) is 17.2 Å². The van der Waals surface area contributed by atoms with Gasteiger partial charge >= 0.3 is 0 Å². The van der Waals surface area contributed by atoms with E-state index in [-0.39, 0.29) is 4.21 Å². The molecule has 0 aliphatic carbocycles. The molecule has 0 amide bonds. The van der Waals surface area contributed by atoms with Gasteiger partial charge in [-0.15, -0.1) is 11.3 Å². The topological polar surface area (TPSA) is 73.2 Å². The van der Waals surface area contributed by atoms with Gasteiger partial charge in [0.25, 0.3) is 10.0 Å². The number of sulfonamides is 1. The number of thiophene rings is 1. The number of nitrogens with zero attached hydrogens (tertiary/aromatic N) is 2. The molecule has 1 fully saturated rings. The fourth-order valence-electron chi connectivity index (χ4n) is 2.46. The van der Waals surface area contributed by atoms with E-state index < -0.39 is 10.0 Å². The van der Waals surface area contributed by atoms with E-state index in [0.29, 0.717) is 29.9 Å². The minimum Gasteiger partial charge on any atom is -0.314 e. The molecule has 0 saturated carbocycles. The highest BCUT2D eigenvalue weighted by atomic mass is 32.2. The molecule has 21 heavy (non-hydrogen) atoms. The predicted octanol–water partition coefficient (Wildman–Crippen LogP) is 2.02. The fraction of sp³-hybridized carbons (Fsp3) is 0.643. The number of rotatable bonds is 5. The van der Waals surface area contributed by atoms with E-state index in [2.05, 4.69) is 19.2 Å². The monoisotopic (exact) mass is 327 g/mol. The summed E-state index contributed by atoms with van der Waals surface area (Å²) in [5.74, 6) is 0.353. The van der Waals surface area contributed by atoms with Gasteiger partial charge in [0.2, 0.25) is 0 Å². The predicted molar refractivity (Wildman–Crippen MR) is 83.7 cm³/mol. The zero-order chi connectivity index (χ0) is 15.5. The minimum absolute atomic E-state index is 0.275. The van der Waals surface area contributed by atoms with Crippen molar-refractivity contribution < 1.29 is 8.42 Å². The van der Waals surface area contributed by atoms with Crippen LogP contribution in [0.4, 0.5) is 0 Å². The quantitative estimate of drug-likeness (QED) is 0.898. The summed E-state index contributed by atoms with van der Waals surface area (Å²) >= 11 is 1.05. The molecule has 0 bridgehead atoms. The number of hydrogen-bond donors (Lipinski definition) is 1. The standard InChI is InChI=1S/C14H21N3O2S2/c1-11(2)16-9-12-4-3-7-17(10-12)21(18,19)14-6-5-13(8-15)20-14/h5-6,11-12,16H,3-4,7,9-10H2,1-2H3. The van der Waals surface area contributed by atoms with Crippen LogP contribution in [0.5, 0.6) is 0 Å². The molecule has 1 aromatic rings. The summed E-state index contributed by atoms with van der Waals surface area (Å²) in [4.78, 5) is 0.434. The number of nitriles is 1. The van der Waals surface area contributed by atoms with Crippen LogP contribution < -0.4 is 5.32 Å². The number of nitrogens with one attached hydrogen (secondary N) is 1. The summed E-state index contributed by atoms with van der Waals surface area (Å²) in [6.45, 7) is 6.15. The Bertz CT molecular complexity index is 616. The van der Waals surface area contributed by atoms with E-state index >= 15 is 0 Å². The van der Waals surface area contributed by atoms with Gasteiger partial charge < -0.3 is 5.32 Å². The Morgan fingerprint density at radius 1 is 1.52 bits per heavy atom. The molecule has 1 saturated heterocycles. The molecule has 2 heterocycles. The third kappa shape index (κ3) is 4.04. The molecule has 116 valence electrons. The molecule has 0 spiro atoms. The Labute approximate surface area is 130 Å². The van der Waals surface area contributed by atoms with Crippen LogP contribution in [0.1, 0.15) is 31.6 Å². The van der Waals surface area contributed by atoms with Crippen LogP contribution in [0.2, 0.25) is 0 Å². The molecule has 1 unspecified atom stereocenters. The van der Waals surface area contributed by atoms with Gasteiger partial charge in [0.15, 0.2) is 0 Å². The smallest absolute Gasteiger partial charge is 0.252 e. The highest BCUT2D eigenvalue weighted by Crippen LogP contribution is 2.28. The van der Waals surface area contributed by atoms with E-state index in [0.717, 1.165) is 30.7 Å². The minimum atomic E-state index is -3.45. The first-order chi connectivity index (χ1) is 9.93. The van der Waals surface area contributed by atoms with Gasteiger partial charge in [0.05, 0.1) is 0 Å². The van der Waals surface area contributed by atoms with Crippen LogP contribution in [0.25, 0.3) is 0 Å². The van der Waals surface area contributed by atoms with Crippen molar-refractivity contribution in [3.05, 3.63) is 17.0 Å². The zero-order valence-electron chi connectivity index (χ0n) is 12.4. The molecule has 1 aliphatic rings. The maximum atomic E-state index is 12.6. The molecule has 2 rings (SSSR count). The van der Waals surface area contributed by atoms with Crippen LogP contribution in [-0.2, 0) is 10.0 Å². The van der Waals surface area contributed by atoms with E-state index in [4.69, 9.17) is 5.26 Å². The lowest BCUT2D eigenvalue weighted by molar-refractivity contribution is 0.257. The third-order valence-corrected chi connectivity index (χ3v) is 6.90. The summed E-state index contributed by atoms with van der Waals surface area (Å²) in [6, 6.07) is 5.50. The number of piperidine rings is 1. The molecular formula is C14H21N3O2S2. The maximum Gasteiger partial charge on any atom is 0.252 e. The highest BCUT2D eigenvalue weighted by molar-refractivity contribution is 7.91. The SMILES string of the molecule is CC(C)NCC1CCCN(S(=O)(=O)c2ccc(C#N)s2)C1. The third-order valence-electron chi connectivity index (χ3n) is 3.58. The molecule has 0 aromatic carbocycles. The van der Waals surface area contributed by atoms with Crippen molar-refractivity contribution in [1.82, 2.24) is 9.62 Å². The van der Waals surface area contributed by atoms with Gasteiger partial charge in [-0.05, 0) is 37.4 Å². The van der Waals surface area contributed by atoms with Crippen molar-refractivity contribution >= 4 is 21.4 Å². The van der Waals surface area contributed by atoms with Gasteiger partial charge in [0.1, 0.15) is 15.2 Å². The normalized spacial score (nSPS) is 20.6. The van der Waals surface area contributed by atoms with Crippen molar-refractivity contribution in [2.45, 2.75) is 36.9 Å². The van der Waals surface area contributed by atoms with Crippen molar-refractivity contribution in [2.75, 3.05) is 19.6 Å².